The molecule has 2 unspecified atom stereocenters. The van der Waals surface area contributed by atoms with Crippen LogP contribution in [-0.4, -0.2) is 23.0 Å². The fourth-order valence-corrected chi connectivity index (χ4v) is 2.14. The zero-order chi connectivity index (χ0) is 13.8. The van der Waals surface area contributed by atoms with Crippen molar-refractivity contribution < 1.29 is 4.79 Å². The van der Waals surface area contributed by atoms with Crippen molar-refractivity contribution in [2.45, 2.75) is 32.4 Å². The Morgan fingerprint density at radius 1 is 1.37 bits per heavy atom. The highest BCUT2D eigenvalue weighted by Gasteiger charge is 2.11. The second kappa shape index (κ2) is 5.80. The summed E-state index contributed by atoms with van der Waals surface area (Å²) < 4.78 is 0. The lowest BCUT2D eigenvalue weighted by Crippen LogP contribution is -2.36. The van der Waals surface area contributed by atoms with E-state index in [-0.39, 0.29) is 18.0 Å². The number of nitrogens with zero attached hydrogens (tertiary/aromatic N) is 1. The summed E-state index contributed by atoms with van der Waals surface area (Å²) in [4.78, 5) is 16.3. The molecule has 4 nitrogen and oxygen atoms in total. The number of aromatic nitrogens is 1. The first kappa shape index (κ1) is 13.5. The molecule has 3 N–H and O–H groups in total. The topological polar surface area (TPSA) is 68.0 Å². The lowest BCUT2D eigenvalue weighted by molar-refractivity contribution is 0.0937. The molecular formula is C15H19N3O. The maximum absolute atomic E-state index is 12.1. The lowest BCUT2D eigenvalue weighted by atomic mass is 10.1. The number of hydrogen-bond donors (Lipinski definition) is 2. The lowest BCUT2D eigenvalue weighted by Gasteiger charge is -2.16. The molecule has 0 spiro atoms. The van der Waals surface area contributed by atoms with Crippen molar-refractivity contribution in [1.82, 2.24) is 10.3 Å². The minimum atomic E-state index is -0.0705. The predicted molar refractivity (Wildman–Crippen MR) is 76.9 cm³/mol. The minimum absolute atomic E-state index is 0.0668. The average molecular weight is 257 g/mol. The van der Waals surface area contributed by atoms with Crippen molar-refractivity contribution in [3.8, 4) is 0 Å². The Morgan fingerprint density at radius 3 is 2.89 bits per heavy atom. The van der Waals surface area contributed by atoms with E-state index in [4.69, 9.17) is 5.73 Å². The number of amides is 1. The van der Waals surface area contributed by atoms with E-state index < -0.39 is 0 Å². The predicted octanol–water partition coefficient (Wildman–Crippen LogP) is 2.09. The summed E-state index contributed by atoms with van der Waals surface area (Å²) in [5.74, 6) is -0.0705. The monoisotopic (exact) mass is 257 g/mol. The van der Waals surface area contributed by atoms with Crippen LogP contribution in [-0.2, 0) is 0 Å². The van der Waals surface area contributed by atoms with Gasteiger partial charge in [-0.05, 0) is 44.5 Å². The quantitative estimate of drug-likeness (QED) is 0.881. The van der Waals surface area contributed by atoms with Crippen LogP contribution in [0, 0.1) is 0 Å². The fraction of sp³-hybridized carbons (Fsp3) is 0.333. The van der Waals surface area contributed by atoms with Gasteiger partial charge in [-0.2, -0.15) is 0 Å². The van der Waals surface area contributed by atoms with Gasteiger partial charge in [0.1, 0.15) is 0 Å². The highest BCUT2D eigenvalue weighted by atomic mass is 16.1. The van der Waals surface area contributed by atoms with E-state index >= 15 is 0 Å². The highest BCUT2D eigenvalue weighted by molar-refractivity contribution is 5.98. The van der Waals surface area contributed by atoms with Gasteiger partial charge in [-0.25, -0.2) is 0 Å². The first-order chi connectivity index (χ1) is 9.06. The molecule has 0 radical (unpaired) electrons. The van der Waals surface area contributed by atoms with E-state index in [1.54, 1.807) is 12.3 Å². The van der Waals surface area contributed by atoms with Crippen molar-refractivity contribution in [3.05, 3.63) is 42.1 Å². The van der Waals surface area contributed by atoms with E-state index in [1.165, 1.54) is 0 Å². The molecule has 0 saturated carbocycles. The molecule has 100 valence electrons. The van der Waals surface area contributed by atoms with Gasteiger partial charge in [-0.15, -0.1) is 0 Å². The van der Waals surface area contributed by atoms with Crippen molar-refractivity contribution in [2.24, 2.45) is 5.73 Å². The zero-order valence-electron chi connectivity index (χ0n) is 11.3. The van der Waals surface area contributed by atoms with Gasteiger partial charge < -0.3 is 11.1 Å². The first-order valence-electron chi connectivity index (χ1n) is 6.47. The van der Waals surface area contributed by atoms with Crippen LogP contribution >= 0.6 is 0 Å². The normalized spacial score (nSPS) is 14.1. The van der Waals surface area contributed by atoms with Gasteiger partial charge in [0.25, 0.3) is 5.91 Å². The molecule has 4 heteroatoms. The van der Waals surface area contributed by atoms with Gasteiger partial charge >= 0.3 is 0 Å². The van der Waals surface area contributed by atoms with E-state index in [0.717, 1.165) is 17.3 Å². The Morgan fingerprint density at radius 2 is 2.16 bits per heavy atom. The SMILES string of the molecule is CC(N)CC(C)NC(=O)c1ccc2ncccc2c1. The average Bonchev–Trinajstić information content (AvgIpc) is 2.37. The summed E-state index contributed by atoms with van der Waals surface area (Å²) in [6.45, 7) is 3.90. The molecule has 0 aliphatic carbocycles. The van der Waals surface area contributed by atoms with Gasteiger partial charge in [-0.3, -0.25) is 9.78 Å². The van der Waals surface area contributed by atoms with Gasteiger partial charge in [0.15, 0.2) is 0 Å². The zero-order valence-corrected chi connectivity index (χ0v) is 11.3. The largest absolute Gasteiger partial charge is 0.350 e. The Bertz CT molecular complexity index is 580. The van der Waals surface area contributed by atoms with Gasteiger partial charge in [-0.1, -0.05) is 6.07 Å². The van der Waals surface area contributed by atoms with Crippen LogP contribution in [0.4, 0.5) is 0 Å². The van der Waals surface area contributed by atoms with Gasteiger partial charge in [0.05, 0.1) is 5.52 Å². The summed E-state index contributed by atoms with van der Waals surface area (Å²) in [6.07, 6.45) is 2.51. The van der Waals surface area contributed by atoms with E-state index in [2.05, 4.69) is 10.3 Å². The molecule has 0 aliphatic rings. The van der Waals surface area contributed by atoms with Crippen LogP contribution in [0.2, 0.25) is 0 Å². The van der Waals surface area contributed by atoms with Crippen molar-refractivity contribution in [2.75, 3.05) is 0 Å². The number of nitrogens with one attached hydrogen (secondary N) is 1. The molecule has 1 heterocycles. The van der Waals surface area contributed by atoms with Crippen LogP contribution in [0.3, 0.4) is 0 Å². The van der Waals surface area contributed by atoms with E-state index in [0.29, 0.717) is 5.56 Å². The summed E-state index contributed by atoms with van der Waals surface area (Å²) in [5, 5.41) is 3.92. The standard InChI is InChI=1S/C15H19N3O/c1-10(16)8-11(2)18-15(19)13-5-6-14-12(9-13)4-3-7-17-14/h3-7,9-11H,8,16H2,1-2H3,(H,18,19). The molecule has 2 atom stereocenters. The van der Waals surface area contributed by atoms with Gasteiger partial charge in [0, 0.05) is 29.2 Å². The summed E-state index contributed by atoms with van der Waals surface area (Å²) in [7, 11) is 0. The van der Waals surface area contributed by atoms with Crippen LogP contribution in [0.15, 0.2) is 36.5 Å². The second-order valence-electron chi connectivity index (χ2n) is 5.00. The maximum atomic E-state index is 12.1. The number of fused-ring (bicyclic) bond motifs is 1. The third-order valence-electron chi connectivity index (χ3n) is 2.97. The summed E-state index contributed by atoms with van der Waals surface area (Å²) in [6, 6.07) is 9.47. The Hall–Kier alpha value is -1.94. The number of carbonyl (C=O) groups is 1. The summed E-state index contributed by atoms with van der Waals surface area (Å²) in [5.41, 5.74) is 7.26. The van der Waals surface area contributed by atoms with Crippen molar-refractivity contribution >= 4 is 16.8 Å². The Labute approximate surface area is 113 Å². The molecule has 0 bridgehead atoms. The number of benzene rings is 1. The third kappa shape index (κ3) is 3.51. The van der Waals surface area contributed by atoms with Crippen LogP contribution in [0.25, 0.3) is 10.9 Å². The minimum Gasteiger partial charge on any atom is -0.350 e. The number of pyridine rings is 1. The van der Waals surface area contributed by atoms with Crippen LogP contribution in [0.1, 0.15) is 30.6 Å². The van der Waals surface area contributed by atoms with E-state index in [1.807, 2.05) is 38.1 Å². The molecule has 2 aromatic rings. The molecule has 0 aliphatic heterocycles. The molecule has 1 amide bonds. The number of nitrogens with two attached hydrogens (primary N) is 1. The number of hydrogen-bond acceptors (Lipinski definition) is 3. The maximum Gasteiger partial charge on any atom is 0.251 e. The fourth-order valence-electron chi connectivity index (χ4n) is 2.14. The van der Waals surface area contributed by atoms with Crippen LogP contribution < -0.4 is 11.1 Å². The Kier molecular flexibility index (Phi) is 4.12. The van der Waals surface area contributed by atoms with Crippen LogP contribution in [0.5, 0.6) is 0 Å². The number of rotatable bonds is 4. The van der Waals surface area contributed by atoms with E-state index in [9.17, 15) is 4.79 Å². The van der Waals surface area contributed by atoms with Crippen molar-refractivity contribution in [3.63, 3.8) is 0 Å². The molecule has 2 rings (SSSR count). The highest BCUT2D eigenvalue weighted by Crippen LogP contribution is 2.13. The molecular weight excluding hydrogens is 238 g/mol. The van der Waals surface area contributed by atoms with Gasteiger partial charge in [0.2, 0.25) is 0 Å². The molecule has 19 heavy (non-hydrogen) atoms. The third-order valence-corrected chi connectivity index (χ3v) is 2.97. The first-order valence-corrected chi connectivity index (χ1v) is 6.47. The summed E-state index contributed by atoms with van der Waals surface area (Å²) >= 11 is 0. The Balaban J connectivity index is 2.13. The number of carbonyl (C=O) groups excluding carboxylic acids is 1. The molecule has 0 saturated heterocycles. The molecule has 0 fully saturated rings. The molecule has 1 aromatic heterocycles. The van der Waals surface area contributed by atoms with Crippen molar-refractivity contribution in [1.29, 1.82) is 0 Å². The second-order valence-corrected chi connectivity index (χ2v) is 5.00. The smallest absolute Gasteiger partial charge is 0.251 e. The molecule has 1 aromatic carbocycles.